The number of imidazole rings is 2. The molecule has 0 fully saturated rings. The largest absolute Gasteiger partial charge is 2.00 e. The van der Waals surface area contributed by atoms with E-state index in [1.54, 1.807) is 0 Å². The second kappa shape index (κ2) is 10.1. The van der Waals surface area contributed by atoms with Crippen LogP contribution in [0.15, 0.2) is 31.8 Å². The van der Waals surface area contributed by atoms with Gasteiger partial charge in [0.1, 0.15) is 0 Å². The first-order valence-electron chi connectivity index (χ1n) is 9.48. The minimum absolute atomic E-state index is 0. The van der Waals surface area contributed by atoms with Crippen LogP contribution in [0.4, 0.5) is 0 Å². The third-order valence-electron chi connectivity index (χ3n) is 5.03. The summed E-state index contributed by atoms with van der Waals surface area (Å²) in [6.45, 7) is -0.964. The molecule has 0 aliphatic heterocycles. The summed E-state index contributed by atoms with van der Waals surface area (Å²) < 4.78 is 6.45. The Balaban J connectivity index is 0.000000240. The fourth-order valence-corrected chi connectivity index (χ4v) is 3.31. The van der Waals surface area contributed by atoms with Crippen molar-refractivity contribution in [3.8, 4) is 0 Å². The maximum absolute atomic E-state index is 11.8. The van der Waals surface area contributed by atoms with Gasteiger partial charge in [-0.15, -0.1) is 0 Å². The van der Waals surface area contributed by atoms with Crippen molar-refractivity contribution >= 4 is 57.3 Å². The van der Waals surface area contributed by atoms with E-state index in [9.17, 15) is 39.0 Å². The molecule has 4 heterocycles. The Labute approximate surface area is 210 Å². The summed E-state index contributed by atoms with van der Waals surface area (Å²) in [6, 6.07) is 0. The van der Waals surface area contributed by atoms with Crippen molar-refractivity contribution in [2.24, 2.45) is 28.2 Å². The molecule has 0 saturated carbocycles. The molecule has 0 N–H and O–H groups in total. The van der Waals surface area contributed by atoms with E-state index in [0.29, 0.717) is 0 Å². The maximum atomic E-state index is 11.8. The van der Waals surface area contributed by atoms with Crippen LogP contribution in [0, 0.1) is 0 Å². The Kier molecular flexibility index (Phi) is 7.86. The molecule has 0 aliphatic rings. The summed E-state index contributed by atoms with van der Waals surface area (Å²) in [7, 11) is 5.56. The van der Waals surface area contributed by atoms with Crippen LogP contribution in [0.3, 0.4) is 0 Å². The first-order chi connectivity index (χ1) is 15.9. The zero-order valence-electron chi connectivity index (χ0n) is 19.1. The Morgan fingerprint density at radius 1 is 0.686 bits per heavy atom. The number of rotatable bonds is 4. The molecule has 0 spiro atoms. The zero-order valence-corrected chi connectivity index (χ0v) is 20.5. The fraction of sp³-hybridized carbons (Fsp3) is 0.333. The Morgan fingerprint density at radius 2 is 1.00 bits per heavy atom. The average Bonchev–Trinajstić information content (AvgIpc) is 3.37. The van der Waals surface area contributed by atoms with Crippen molar-refractivity contribution in [3.05, 3.63) is 54.3 Å². The van der Waals surface area contributed by atoms with Crippen molar-refractivity contribution < 1.29 is 19.8 Å². The van der Waals surface area contributed by atoms with Crippen molar-refractivity contribution in [2.75, 3.05) is 0 Å². The number of carboxylic acid groups (broad SMARTS) is 2. The van der Waals surface area contributed by atoms with Gasteiger partial charge in [0.2, 0.25) is 0 Å². The Bertz CT molecular complexity index is 1570. The predicted molar refractivity (Wildman–Crippen MR) is 116 cm³/mol. The number of carbonyl (C=O) groups is 2. The predicted octanol–water partition coefficient (Wildman–Crippen LogP) is -6.01. The minimum Gasteiger partial charge on any atom is -0.548 e. The number of aryl methyl sites for hydroxylation is 2. The molecule has 0 unspecified atom stereocenters. The second-order valence-electron chi connectivity index (χ2n) is 7.24. The maximum Gasteiger partial charge on any atom is 2.00 e. The normalized spacial score (nSPS) is 10.6. The smallest absolute Gasteiger partial charge is 0.548 e. The third kappa shape index (κ3) is 4.80. The molecule has 4 aromatic heterocycles. The number of nitrogens with zero attached hydrogens (tertiary/aromatic N) is 8. The van der Waals surface area contributed by atoms with E-state index >= 15 is 0 Å². The van der Waals surface area contributed by atoms with Crippen LogP contribution in [-0.4, -0.2) is 72.4 Å². The van der Waals surface area contributed by atoms with E-state index in [4.69, 9.17) is 0 Å². The minimum atomic E-state index is -1.33. The Morgan fingerprint density at radius 3 is 1.29 bits per heavy atom. The number of carbonyl (C=O) groups excluding carboxylic acids is 2. The zero-order chi connectivity index (χ0) is 25.5. The van der Waals surface area contributed by atoms with Crippen molar-refractivity contribution in [2.45, 2.75) is 13.1 Å². The number of aromatic nitrogens is 8. The monoisotopic (exact) mass is 498 g/mol. The molecule has 0 radical (unpaired) electrons. The summed E-state index contributed by atoms with van der Waals surface area (Å²) in [6.07, 6.45) is 2.39. The summed E-state index contributed by atoms with van der Waals surface area (Å²) in [4.78, 5) is 75.6. The van der Waals surface area contributed by atoms with Gasteiger partial charge in [-0.3, -0.25) is 27.9 Å². The van der Waals surface area contributed by atoms with Crippen molar-refractivity contribution in [1.82, 2.24) is 37.4 Å². The van der Waals surface area contributed by atoms with Crippen LogP contribution < -0.4 is 32.7 Å². The van der Waals surface area contributed by atoms with E-state index in [1.807, 2.05) is 0 Å². The van der Waals surface area contributed by atoms with Crippen LogP contribution >= 0.6 is 0 Å². The topological polar surface area (TPSA) is 204 Å². The van der Waals surface area contributed by atoms with Gasteiger partial charge < -0.3 is 28.9 Å². The summed E-state index contributed by atoms with van der Waals surface area (Å²) in [5.41, 5.74) is -1.75. The van der Waals surface area contributed by atoms with E-state index in [1.165, 1.54) is 50.0 Å². The van der Waals surface area contributed by atoms with Gasteiger partial charge in [0, 0.05) is 28.2 Å². The third-order valence-corrected chi connectivity index (χ3v) is 5.03. The quantitative estimate of drug-likeness (QED) is 0.243. The molecule has 0 aromatic carbocycles. The van der Waals surface area contributed by atoms with Crippen LogP contribution in [-0.2, 0) is 50.9 Å². The molecule has 0 amide bonds. The molecule has 0 aliphatic carbocycles. The second-order valence-corrected chi connectivity index (χ2v) is 7.24. The summed E-state index contributed by atoms with van der Waals surface area (Å²) in [5.74, 6) is -2.67. The number of hydrogen-bond donors (Lipinski definition) is 0. The molecule has 16 nitrogen and oxygen atoms in total. The molecule has 35 heavy (non-hydrogen) atoms. The van der Waals surface area contributed by atoms with Crippen molar-refractivity contribution in [3.63, 3.8) is 0 Å². The number of aliphatic carboxylic acids is 2. The van der Waals surface area contributed by atoms with Gasteiger partial charge in [0.25, 0.3) is 11.1 Å². The number of fused-ring (bicyclic) bond motifs is 2. The van der Waals surface area contributed by atoms with Crippen LogP contribution in [0.2, 0.25) is 0 Å². The van der Waals surface area contributed by atoms with E-state index in [-0.39, 0.29) is 45.4 Å². The van der Waals surface area contributed by atoms with Gasteiger partial charge in [-0.2, -0.15) is 0 Å². The standard InChI is InChI=1S/2C9H10N4O4.Mg/c2*1-11-7-6(8(16)12(2)9(11)17)13(4-10-7)3-5(14)15;/h2*4H,3H2,1-2H3,(H,14,15);/q;;+2/p-2. The van der Waals surface area contributed by atoms with Gasteiger partial charge in [-0.05, 0) is 0 Å². The summed E-state index contributed by atoms with van der Waals surface area (Å²) >= 11 is 0. The number of hydrogen-bond acceptors (Lipinski definition) is 10. The molecule has 0 bridgehead atoms. The Hall–Kier alpha value is -3.99. The van der Waals surface area contributed by atoms with Crippen LogP contribution in [0.5, 0.6) is 0 Å². The van der Waals surface area contributed by atoms with E-state index < -0.39 is 47.5 Å². The molecule has 180 valence electrons. The average molecular weight is 499 g/mol. The molecule has 17 heteroatoms. The SMILES string of the molecule is Cn1c(=O)c2c(ncn2CC(=O)[O-])n(C)c1=O.Cn1c(=O)c2c(ncn2CC(=O)[O-])n(C)c1=O.[Mg+2]. The van der Waals surface area contributed by atoms with Crippen LogP contribution in [0.1, 0.15) is 0 Å². The number of carboxylic acids is 2. The summed E-state index contributed by atoms with van der Waals surface area (Å²) in [5, 5.41) is 21.0. The van der Waals surface area contributed by atoms with Crippen molar-refractivity contribution in [1.29, 1.82) is 0 Å². The van der Waals surface area contributed by atoms with E-state index in [0.717, 1.165) is 18.3 Å². The molecule has 4 aromatic rings. The van der Waals surface area contributed by atoms with Gasteiger partial charge in [-0.1, -0.05) is 0 Å². The van der Waals surface area contributed by atoms with E-state index in [2.05, 4.69) is 9.97 Å². The fourth-order valence-electron chi connectivity index (χ4n) is 3.31. The van der Waals surface area contributed by atoms with Gasteiger partial charge in [-0.25, -0.2) is 19.6 Å². The molecular weight excluding hydrogens is 481 g/mol. The first kappa shape index (κ1) is 27.3. The van der Waals surface area contributed by atoms with Crippen LogP contribution in [0.25, 0.3) is 22.3 Å². The molecular formula is C18H18MgN8O8. The molecule has 4 rings (SSSR count). The molecule has 0 saturated heterocycles. The van der Waals surface area contributed by atoms with Gasteiger partial charge in [0.05, 0.1) is 37.7 Å². The molecule has 0 atom stereocenters. The van der Waals surface area contributed by atoms with Gasteiger partial charge in [0.15, 0.2) is 22.3 Å². The van der Waals surface area contributed by atoms with Gasteiger partial charge >= 0.3 is 34.4 Å². The first-order valence-corrected chi connectivity index (χ1v) is 9.48.